The maximum absolute atomic E-state index is 11.1. The van der Waals surface area contributed by atoms with Crippen molar-refractivity contribution in [1.29, 1.82) is 0 Å². The van der Waals surface area contributed by atoms with Crippen LogP contribution in [-0.4, -0.2) is 18.1 Å². The lowest BCUT2D eigenvalue weighted by molar-refractivity contribution is 0.0600. The summed E-state index contributed by atoms with van der Waals surface area (Å²) >= 11 is 0. The van der Waals surface area contributed by atoms with Crippen molar-refractivity contribution in [2.24, 2.45) is 0 Å². The SMILES string of the molecule is CC=C(C)Oc1ccc(C(=O)OC)cn1. The van der Waals surface area contributed by atoms with Crippen molar-refractivity contribution in [2.45, 2.75) is 13.8 Å². The number of esters is 1. The highest BCUT2D eigenvalue weighted by atomic mass is 16.5. The summed E-state index contributed by atoms with van der Waals surface area (Å²) in [5.74, 6) is 0.809. The monoisotopic (exact) mass is 207 g/mol. The van der Waals surface area contributed by atoms with Gasteiger partial charge in [0.05, 0.1) is 18.4 Å². The fourth-order valence-electron chi connectivity index (χ4n) is 0.903. The summed E-state index contributed by atoms with van der Waals surface area (Å²) in [5.41, 5.74) is 0.406. The number of nitrogens with zero attached hydrogens (tertiary/aromatic N) is 1. The number of hydrogen-bond acceptors (Lipinski definition) is 4. The summed E-state index contributed by atoms with van der Waals surface area (Å²) in [5, 5.41) is 0. The highest BCUT2D eigenvalue weighted by Crippen LogP contribution is 2.11. The van der Waals surface area contributed by atoms with Gasteiger partial charge >= 0.3 is 5.97 Å². The molecule has 1 aromatic rings. The van der Waals surface area contributed by atoms with Gasteiger partial charge in [-0.2, -0.15) is 0 Å². The average Bonchev–Trinajstić information content (AvgIpc) is 2.29. The summed E-state index contributed by atoms with van der Waals surface area (Å²) in [4.78, 5) is 15.1. The smallest absolute Gasteiger partial charge is 0.339 e. The maximum Gasteiger partial charge on any atom is 0.339 e. The molecule has 0 saturated heterocycles. The number of pyridine rings is 1. The molecule has 0 atom stereocenters. The Hall–Kier alpha value is -1.84. The van der Waals surface area contributed by atoms with Crippen molar-refractivity contribution in [3.63, 3.8) is 0 Å². The molecule has 1 rings (SSSR count). The molecule has 4 nitrogen and oxygen atoms in total. The normalized spacial score (nSPS) is 11.0. The molecule has 0 aliphatic rings. The van der Waals surface area contributed by atoms with E-state index in [0.29, 0.717) is 11.4 Å². The number of carbonyl (C=O) groups excluding carboxylic acids is 1. The van der Waals surface area contributed by atoms with Crippen molar-refractivity contribution in [2.75, 3.05) is 7.11 Å². The van der Waals surface area contributed by atoms with Crippen molar-refractivity contribution >= 4 is 5.97 Å². The summed E-state index contributed by atoms with van der Waals surface area (Å²) in [6.45, 7) is 3.70. The van der Waals surface area contributed by atoms with Crippen LogP contribution in [-0.2, 0) is 4.74 Å². The number of hydrogen-bond donors (Lipinski definition) is 0. The molecule has 15 heavy (non-hydrogen) atoms. The minimum Gasteiger partial charge on any atom is -0.465 e. The van der Waals surface area contributed by atoms with E-state index in [2.05, 4.69) is 9.72 Å². The van der Waals surface area contributed by atoms with Crippen molar-refractivity contribution in [3.8, 4) is 5.88 Å². The van der Waals surface area contributed by atoms with Crippen LogP contribution < -0.4 is 4.74 Å². The minimum absolute atomic E-state index is 0.406. The van der Waals surface area contributed by atoms with E-state index in [1.807, 2.05) is 19.9 Å². The van der Waals surface area contributed by atoms with Crippen LogP contribution in [0.15, 0.2) is 30.2 Å². The average molecular weight is 207 g/mol. The molecule has 80 valence electrons. The molecular weight excluding hydrogens is 194 g/mol. The number of carbonyl (C=O) groups is 1. The molecule has 0 radical (unpaired) electrons. The van der Waals surface area contributed by atoms with Crippen LogP contribution in [0.1, 0.15) is 24.2 Å². The Morgan fingerprint density at radius 3 is 2.67 bits per heavy atom. The third-order valence-corrected chi connectivity index (χ3v) is 1.83. The largest absolute Gasteiger partial charge is 0.465 e. The van der Waals surface area contributed by atoms with E-state index in [1.54, 1.807) is 12.1 Å². The quantitative estimate of drug-likeness (QED) is 0.563. The number of aromatic nitrogens is 1. The highest BCUT2D eigenvalue weighted by Gasteiger charge is 2.05. The third kappa shape index (κ3) is 3.09. The molecule has 0 saturated carbocycles. The number of methoxy groups -OCH3 is 1. The molecule has 0 fully saturated rings. The van der Waals surface area contributed by atoms with Crippen LogP contribution in [0.3, 0.4) is 0 Å². The summed E-state index contributed by atoms with van der Waals surface area (Å²) in [7, 11) is 1.33. The number of allylic oxidation sites excluding steroid dienone is 2. The van der Waals surface area contributed by atoms with Gasteiger partial charge in [0, 0.05) is 12.3 Å². The standard InChI is InChI=1S/C11H13NO3/c1-4-8(2)15-10-6-5-9(7-12-10)11(13)14-3/h4-7H,1-3H3. The van der Waals surface area contributed by atoms with Crippen LogP contribution in [0.2, 0.25) is 0 Å². The number of rotatable bonds is 3. The van der Waals surface area contributed by atoms with Crippen LogP contribution in [0.5, 0.6) is 5.88 Å². The Morgan fingerprint density at radius 2 is 2.20 bits per heavy atom. The Kier molecular flexibility index (Phi) is 3.85. The summed E-state index contributed by atoms with van der Waals surface area (Å²) in [6.07, 6.45) is 3.25. The first-order valence-electron chi connectivity index (χ1n) is 4.52. The molecule has 0 N–H and O–H groups in total. The van der Waals surface area contributed by atoms with E-state index in [1.165, 1.54) is 13.3 Å². The van der Waals surface area contributed by atoms with Gasteiger partial charge in [0.2, 0.25) is 5.88 Å². The van der Waals surface area contributed by atoms with E-state index < -0.39 is 5.97 Å². The molecular formula is C11H13NO3. The van der Waals surface area contributed by atoms with Crippen LogP contribution in [0, 0.1) is 0 Å². The molecule has 0 spiro atoms. The van der Waals surface area contributed by atoms with Crippen LogP contribution in [0.4, 0.5) is 0 Å². The van der Waals surface area contributed by atoms with Crippen LogP contribution in [0.25, 0.3) is 0 Å². The van der Waals surface area contributed by atoms with Gasteiger partial charge in [0.1, 0.15) is 0 Å². The summed E-state index contributed by atoms with van der Waals surface area (Å²) in [6, 6.07) is 3.23. The Bertz CT molecular complexity index is 368. The van der Waals surface area contributed by atoms with Crippen LogP contribution >= 0.6 is 0 Å². The molecule has 1 aromatic heterocycles. The lowest BCUT2D eigenvalue weighted by atomic mass is 10.3. The fourth-order valence-corrected chi connectivity index (χ4v) is 0.903. The maximum atomic E-state index is 11.1. The zero-order valence-corrected chi connectivity index (χ0v) is 8.98. The lowest BCUT2D eigenvalue weighted by Crippen LogP contribution is -2.02. The zero-order chi connectivity index (χ0) is 11.3. The Labute approximate surface area is 88.5 Å². The van der Waals surface area contributed by atoms with E-state index in [4.69, 9.17) is 4.74 Å². The molecule has 0 aromatic carbocycles. The third-order valence-electron chi connectivity index (χ3n) is 1.83. The fraction of sp³-hybridized carbons (Fsp3) is 0.273. The lowest BCUT2D eigenvalue weighted by Gasteiger charge is -2.04. The summed E-state index contributed by atoms with van der Waals surface area (Å²) < 4.78 is 9.88. The first-order valence-corrected chi connectivity index (χ1v) is 4.52. The van der Waals surface area contributed by atoms with Crippen molar-refractivity contribution < 1.29 is 14.3 Å². The van der Waals surface area contributed by atoms with Gasteiger partial charge in [0.15, 0.2) is 0 Å². The molecule has 0 aliphatic carbocycles. The van der Waals surface area contributed by atoms with Crippen molar-refractivity contribution in [3.05, 3.63) is 35.7 Å². The first-order chi connectivity index (χ1) is 7.17. The molecule has 0 aliphatic heterocycles. The zero-order valence-electron chi connectivity index (χ0n) is 8.98. The minimum atomic E-state index is -0.406. The molecule has 0 bridgehead atoms. The van der Waals surface area contributed by atoms with E-state index in [-0.39, 0.29) is 0 Å². The topological polar surface area (TPSA) is 48.4 Å². The molecule has 1 heterocycles. The van der Waals surface area contributed by atoms with Gasteiger partial charge in [0.25, 0.3) is 0 Å². The van der Waals surface area contributed by atoms with Gasteiger partial charge < -0.3 is 9.47 Å². The van der Waals surface area contributed by atoms with E-state index >= 15 is 0 Å². The molecule has 0 unspecified atom stereocenters. The van der Waals surface area contributed by atoms with Gasteiger partial charge in [-0.1, -0.05) is 0 Å². The van der Waals surface area contributed by atoms with Gasteiger partial charge in [-0.15, -0.1) is 0 Å². The first kappa shape index (κ1) is 11.2. The molecule has 4 heteroatoms. The second kappa shape index (κ2) is 5.14. The van der Waals surface area contributed by atoms with E-state index in [0.717, 1.165) is 5.76 Å². The highest BCUT2D eigenvalue weighted by molar-refractivity contribution is 5.88. The van der Waals surface area contributed by atoms with E-state index in [9.17, 15) is 4.79 Å². The second-order valence-corrected chi connectivity index (χ2v) is 2.88. The van der Waals surface area contributed by atoms with Gasteiger partial charge in [-0.05, 0) is 26.0 Å². The Morgan fingerprint density at radius 1 is 1.47 bits per heavy atom. The Balaban J connectivity index is 2.77. The van der Waals surface area contributed by atoms with Gasteiger partial charge in [-0.3, -0.25) is 0 Å². The molecule has 0 amide bonds. The predicted molar refractivity (Wildman–Crippen MR) is 55.6 cm³/mol. The van der Waals surface area contributed by atoms with Gasteiger partial charge in [-0.25, -0.2) is 9.78 Å². The van der Waals surface area contributed by atoms with Crippen molar-refractivity contribution in [1.82, 2.24) is 4.98 Å². The number of ether oxygens (including phenoxy) is 2. The second-order valence-electron chi connectivity index (χ2n) is 2.88. The predicted octanol–water partition coefficient (Wildman–Crippen LogP) is 2.17.